The lowest BCUT2D eigenvalue weighted by Crippen LogP contribution is -2.05. The SMILES string of the molecule is Cc1cnc(C(=O)/C=C/N(C)C)c(Cl)c1. The van der Waals surface area contributed by atoms with Crippen molar-refractivity contribution in [3.05, 3.63) is 40.8 Å². The molecule has 0 bridgehead atoms. The van der Waals surface area contributed by atoms with Crippen molar-refractivity contribution in [1.29, 1.82) is 0 Å². The number of allylic oxidation sites excluding steroid dienone is 1. The second-order valence-corrected chi connectivity index (χ2v) is 3.89. The predicted octanol–water partition coefficient (Wildman–Crippen LogP) is 2.30. The molecule has 0 aliphatic carbocycles. The lowest BCUT2D eigenvalue weighted by molar-refractivity contribution is 0.104. The Kier molecular flexibility index (Phi) is 3.86. The standard InChI is InChI=1S/C11H13ClN2O/c1-8-6-9(12)11(13-7-8)10(15)4-5-14(2)3/h4-7H,1-3H3/b5-4+. The van der Waals surface area contributed by atoms with Crippen LogP contribution in [0.5, 0.6) is 0 Å². The van der Waals surface area contributed by atoms with E-state index in [-0.39, 0.29) is 5.78 Å². The van der Waals surface area contributed by atoms with Gasteiger partial charge in [0.15, 0.2) is 0 Å². The van der Waals surface area contributed by atoms with Gasteiger partial charge in [0.1, 0.15) is 5.69 Å². The van der Waals surface area contributed by atoms with Gasteiger partial charge in [-0.25, -0.2) is 0 Å². The number of hydrogen-bond acceptors (Lipinski definition) is 3. The highest BCUT2D eigenvalue weighted by atomic mass is 35.5. The molecule has 1 aromatic heterocycles. The first kappa shape index (κ1) is 11.7. The minimum absolute atomic E-state index is 0.186. The molecule has 0 spiro atoms. The number of carbonyl (C=O) groups is 1. The first-order valence-corrected chi connectivity index (χ1v) is 4.89. The number of rotatable bonds is 3. The number of aryl methyl sites for hydroxylation is 1. The minimum atomic E-state index is -0.186. The third-order valence-electron chi connectivity index (χ3n) is 1.74. The second kappa shape index (κ2) is 4.94. The topological polar surface area (TPSA) is 33.2 Å². The van der Waals surface area contributed by atoms with E-state index in [4.69, 9.17) is 11.6 Å². The van der Waals surface area contributed by atoms with E-state index in [0.717, 1.165) is 5.56 Å². The van der Waals surface area contributed by atoms with Crippen LogP contribution in [0.15, 0.2) is 24.5 Å². The Morgan fingerprint density at radius 1 is 1.53 bits per heavy atom. The van der Waals surface area contributed by atoms with Gasteiger partial charge in [0.2, 0.25) is 5.78 Å². The van der Waals surface area contributed by atoms with E-state index < -0.39 is 0 Å². The summed E-state index contributed by atoms with van der Waals surface area (Å²) in [6.45, 7) is 1.88. The van der Waals surface area contributed by atoms with Crippen molar-refractivity contribution in [2.24, 2.45) is 0 Å². The molecule has 0 aromatic carbocycles. The van der Waals surface area contributed by atoms with E-state index in [9.17, 15) is 4.79 Å². The van der Waals surface area contributed by atoms with E-state index in [2.05, 4.69) is 4.98 Å². The quantitative estimate of drug-likeness (QED) is 0.584. The summed E-state index contributed by atoms with van der Waals surface area (Å²) in [5, 5.41) is 0.392. The first-order chi connectivity index (χ1) is 7.00. The maximum absolute atomic E-state index is 11.6. The van der Waals surface area contributed by atoms with E-state index in [1.165, 1.54) is 6.08 Å². The van der Waals surface area contributed by atoms with Crippen LogP contribution >= 0.6 is 11.6 Å². The smallest absolute Gasteiger partial charge is 0.207 e. The molecule has 1 aromatic rings. The van der Waals surface area contributed by atoms with Crippen molar-refractivity contribution >= 4 is 17.4 Å². The van der Waals surface area contributed by atoms with Crippen LogP contribution in [0.25, 0.3) is 0 Å². The molecule has 4 heteroatoms. The Labute approximate surface area is 94.4 Å². The Morgan fingerprint density at radius 3 is 2.73 bits per heavy atom. The summed E-state index contributed by atoms with van der Waals surface area (Å²) >= 11 is 5.91. The summed E-state index contributed by atoms with van der Waals surface area (Å²) in [6.07, 6.45) is 4.74. The molecule has 0 saturated carbocycles. The molecule has 0 unspecified atom stereocenters. The van der Waals surface area contributed by atoms with Gasteiger partial charge in [0.05, 0.1) is 5.02 Å². The number of nitrogens with zero attached hydrogens (tertiary/aromatic N) is 2. The molecule has 0 saturated heterocycles. The molecule has 15 heavy (non-hydrogen) atoms. The van der Waals surface area contributed by atoms with Crippen molar-refractivity contribution in [2.75, 3.05) is 14.1 Å². The lowest BCUT2D eigenvalue weighted by atomic mass is 10.2. The van der Waals surface area contributed by atoms with Crippen LogP contribution in [0, 0.1) is 6.92 Å². The molecule has 80 valence electrons. The van der Waals surface area contributed by atoms with Crippen molar-refractivity contribution in [2.45, 2.75) is 6.92 Å². The number of halogens is 1. The zero-order valence-corrected chi connectivity index (χ0v) is 9.75. The number of carbonyl (C=O) groups excluding carboxylic acids is 1. The van der Waals surface area contributed by atoms with Gasteiger partial charge in [0.25, 0.3) is 0 Å². The molecule has 1 heterocycles. The van der Waals surface area contributed by atoms with E-state index in [1.54, 1.807) is 23.4 Å². The predicted molar refractivity (Wildman–Crippen MR) is 61.1 cm³/mol. The maximum Gasteiger partial charge on any atom is 0.207 e. The molecule has 1 rings (SSSR count). The summed E-state index contributed by atoms with van der Waals surface area (Å²) < 4.78 is 0. The van der Waals surface area contributed by atoms with E-state index in [0.29, 0.717) is 10.7 Å². The van der Waals surface area contributed by atoms with Crippen LogP contribution in [0.1, 0.15) is 16.1 Å². The van der Waals surface area contributed by atoms with Crippen LogP contribution in [0.4, 0.5) is 0 Å². The number of ketones is 1. The molecule has 0 fully saturated rings. The number of pyridine rings is 1. The summed E-state index contributed by atoms with van der Waals surface area (Å²) in [4.78, 5) is 17.4. The van der Waals surface area contributed by atoms with Gasteiger partial charge in [0, 0.05) is 32.6 Å². The molecular weight excluding hydrogens is 212 g/mol. The highest BCUT2D eigenvalue weighted by Gasteiger charge is 2.08. The fourth-order valence-electron chi connectivity index (χ4n) is 1.01. The molecule has 0 amide bonds. The number of aromatic nitrogens is 1. The van der Waals surface area contributed by atoms with Crippen molar-refractivity contribution in [3.8, 4) is 0 Å². The van der Waals surface area contributed by atoms with Gasteiger partial charge in [-0.2, -0.15) is 0 Å². The number of hydrogen-bond donors (Lipinski definition) is 0. The first-order valence-electron chi connectivity index (χ1n) is 4.52. The molecule has 3 nitrogen and oxygen atoms in total. The zero-order chi connectivity index (χ0) is 11.4. The van der Waals surface area contributed by atoms with E-state index in [1.807, 2.05) is 21.0 Å². The van der Waals surface area contributed by atoms with Crippen LogP contribution in [-0.4, -0.2) is 29.8 Å². The van der Waals surface area contributed by atoms with Gasteiger partial charge >= 0.3 is 0 Å². The maximum atomic E-state index is 11.6. The fourth-order valence-corrected chi connectivity index (χ4v) is 1.32. The Morgan fingerprint density at radius 2 is 2.20 bits per heavy atom. The van der Waals surface area contributed by atoms with E-state index >= 15 is 0 Å². The summed E-state index contributed by atoms with van der Waals surface area (Å²) in [5.74, 6) is -0.186. The second-order valence-electron chi connectivity index (χ2n) is 3.49. The molecule has 0 atom stereocenters. The van der Waals surface area contributed by atoms with Crippen molar-refractivity contribution in [3.63, 3.8) is 0 Å². The average molecular weight is 225 g/mol. The van der Waals surface area contributed by atoms with Gasteiger partial charge in [-0.15, -0.1) is 0 Å². The average Bonchev–Trinajstić information content (AvgIpc) is 2.14. The van der Waals surface area contributed by atoms with Crippen molar-refractivity contribution < 1.29 is 4.79 Å². The van der Waals surface area contributed by atoms with Gasteiger partial charge in [-0.05, 0) is 18.6 Å². The third kappa shape index (κ3) is 3.36. The molecule has 0 radical (unpaired) electrons. The third-order valence-corrected chi connectivity index (χ3v) is 2.02. The molecule has 0 aliphatic heterocycles. The molecule has 0 N–H and O–H groups in total. The highest BCUT2D eigenvalue weighted by molar-refractivity contribution is 6.34. The van der Waals surface area contributed by atoms with Gasteiger partial charge in [-0.3, -0.25) is 9.78 Å². The van der Waals surface area contributed by atoms with Crippen LogP contribution < -0.4 is 0 Å². The van der Waals surface area contributed by atoms with Crippen LogP contribution in [0.3, 0.4) is 0 Å². The summed E-state index contributed by atoms with van der Waals surface area (Å²) in [7, 11) is 3.68. The summed E-state index contributed by atoms with van der Waals surface area (Å²) in [5.41, 5.74) is 1.23. The Balaban J connectivity index is 2.92. The normalized spacial score (nSPS) is 10.7. The monoisotopic (exact) mass is 224 g/mol. The fraction of sp³-hybridized carbons (Fsp3) is 0.273. The molecular formula is C11H13ClN2O. The van der Waals surface area contributed by atoms with Crippen LogP contribution in [0.2, 0.25) is 5.02 Å². The molecule has 0 aliphatic rings. The Hall–Kier alpha value is -1.35. The largest absolute Gasteiger partial charge is 0.383 e. The minimum Gasteiger partial charge on any atom is -0.383 e. The summed E-state index contributed by atoms with van der Waals surface area (Å²) in [6, 6.07) is 1.73. The Bertz CT molecular complexity index is 400. The van der Waals surface area contributed by atoms with Crippen LogP contribution in [-0.2, 0) is 0 Å². The van der Waals surface area contributed by atoms with Gasteiger partial charge in [-0.1, -0.05) is 11.6 Å². The zero-order valence-electron chi connectivity index (χ0n) is 8.99. The van der Waals surface area contributed by atoms with Crippen molar-refractivity contribution in [1.82, 2.24) is 9.88 Å². The lowest BCUT2D eigenvalue weighted by Gasteiger charge is -2.03. The van der Waals surface area contributed by atoms with Gasteiger partial charge < -0.3 is 4.90 Å². The highest BCUT2D eigenvalue weighted by Crippen LogP contribution is 2.15.